The second kappa shape index (κ2) is 7.01. The highest BCUT2D eigenvalue weighted by molar-refractivity contribution is 5.80. The summed E-state index contributed by atoms with van der Waals surface area (Å²) in [7, 11) is 3.57. The number of amides is 1. The summed E-state index contributed by atoms with van der Waals surface area (Å²) in [6, 6.07) is 0. The maximum atomic E-state index is 12.0. The minimum atomic E-state index is -0.254. The van der Waals surface area contributed by atoms with Gasteiger partial charge in [0.25, 0.3) is 5.91 Å². The highest BCUT2D eigenvalue weighted by Gasteiger charge is 2.37. The van der Waals surface area contributed by atoms with E-state index in [1.54, 1.807) is 19.0 Å². The predicted molar refractivity (Wildman–Crippen MR) is 90.8 cm³/mol. The van der Waals surface area contributed by atoms with Crippen LogP contribution in [0.5, 0.6) is 0 Å². The third-order valence-electron chi connectivity index (χ3n) is 5.20. The van der Waals surface area contributed by atoms with Crippen LogP contribution < -0.4 is 4.90 Å². The Bertz CT molecular complexity index is 599. The first-order valence-electron chi connectivity index (χ1n) is 8.75. The normalized spacial score (nSPS) is 25.1. The summed E-state index contributed by atoms with van der Waals surface area (Å²) >= 11 is 0. The molecule has 1 aromatic heterocycles. The molecule has 0 radical (unpaired) electrons. The van der Waals surface area contributed by atoms with Gasteiger partial charge < -0.3 is 14.5 Å². The highest BCUT2D eigenvalue weighted by Crippen LogP contribution is 2.33. The van der Waals surface area contributed by atoms with Gasteiger partial charge in [-0.05, 0) is 45.4 Å². The third-order valence-corrected chi connectivity index (χ3v) is 5.20. The predicted octanol–water partition coefficient (Wildman–Crippen LogP) is 1.34. The van der Waals surface area contributed by atoms with Crippen molar-refractivity contribution in [2.24, 2.45) is 5.92 Å². The molecule has 2 atom stereocenters. The van der Waals surface area contributed by atoms with Crippen LogP contribution >= 0.6 is 0 Å². The third kappa shape index (κ3) is 3.50. The average molecular weight is 333 g/mol. The van der Waals surface area contributed by atoms with E-state index < -0.39 is 0 Å². The summed E-state index contributed by atoms with van der Waals surface area (Å²) in [5.41, 5.74) is 1.82. The van der Waals surface area contributed by atoms with Gasteiger partial charge in [-0.25, -0.2) is 4.98 Å². The molecule has 0 bridgehead atoms. The topological polar surface area (TPSA) is 71.5 Å². The van der Waals surface area contributed by atoms with Gasteiger partial charge in [0.05, 0.1) is 17.5 Å². The summed E-state index contributed by atoms with van der Waals surface area (Å²) in [6.45, 7) is 5.73. The smallest absolute Gasteiger partial charge is 0.251 e. The average Bonchev–Trinajstić information content (AvgIpc) is 3.06. The zero-order chi connectivity index (χ0) is 17.3. The van der Waals surface area contributed by atoms with Gasteiger partial charge >= 0.3 is 0 Å². The lowest BCUT2D eigenvalue weighted by molar-refractivity contribution is -0.141. The lowest BCUT2D eigenvalue weighted by Crippen LogP contribution is -2.40. The van der Waals surface area contributed by atoms with Gasteiger partial charge in [0, 0.05) is 27.2 Å². The highest BCUT2D eigenvalue weighted by atomic mass is 16.5. The Morgan fingerprint density at radius 2 is 1.79 bits per heavy atom. The van der Waals surface area contributed by atoms with E-state index in [1.165, 1.54) is 0 Å². The Balaban J connectivity index is 1.54. The van der Waals surface area contributed by atoms with Crippen molar-refractivity contribution in [1.82, 2.24) is 20.1 Å². The molecule has 7 nitrogen and oxygen atoms in total. The maximum Gasteiger partial charge on any atom is 0.251 e. The fourth-order valence-electron chi connectivity index (χ4n) is 3.53. The zero-order valence-corrected chi connectivity index (χ0v) is 15.0. The van der Waals surface area contributed by atoms with Crippen LogP contribution in [-0.4, -0.2) is 65.4 Å². The van der Waals surface area contributed by atoms with Crippen molar-refractivity contribution in [2.75, 3.05) is 32.1 Å². The Morgan fingerprint density at radius 1 is 1.08 bits per heavy atom. The molecule has 0 N–H and O–H groups in total. The molecule has 24 heavy (non-hydrogen) atoms. The molecular formula is C17H27N5O2. The number of carbonyl (C=O) groups excluding carboxylic acids is 1. The first-order chi connectivity index (χ1) is 11.5. The summed E-state index contributed by atoms with van der Waals surface area (Å²) < 4.78 is 6.05. The van der Waals surface area contributed by atoms with Crippen LogP contribution in [0.3, 0.4) is 0 Å². The van der Waals surface area contributed by atoms with Crippen molar-refractivity contribution in [2.45, 2.75) is 51.7 Å². The van der Waals surface area contributed by atoms with Crippen molar-refractivity contribution in [3.63, 3.8) is 0 Å². The van der Waals surface area contributed by atoms with Gasteiger partial charge in [-0.1, -0.05) is 0 Å². The molecule has 2 saturated heterocycles. The molecule has 2 aliphatic rings. The number of nitrogens with zero attached hydrogens (tertiary/aromatic N) is 5. The maximum absolute atomic E-state index is 12.0. The van der Waals surface area contributed by atoms with Crippen LogP contribution in [0.15, 0.2) is 0 Å². The molecule has 3 heterocycles. The lowest BCUT2D eigenvalue weighted by Gasteiger charge is -2.34. The minimum absolute atomic E-state index is 0.0875. The number of aromatic nitrogens is 3. The van der Waals surface area contributed by atoms with Crippen LogP contribution in [-0.2, 0) is 9.53 Å². The molecule has 132 valence electrons. The van der Waals surface area contributed by atoms with Crippen LogP contribution in [0.4, 0.5) is 5.95 Å². The summed E-state index contributed by atoms with van der Waals surface area (Å²) in [4.78, 5) is 20.4. The number of rotatable bonds is 3. The van der Waals surface area contributed by atoms with Gasteiger partial charge in [0.15, 0.2) is 0 Å². The summed E-state index contributed by atoms with van der Waals surface area (Å²) in [5, 5.41) is 8.40. The molecule has 2 fully saturated rings. The van der Waals surface area contributed by atoms with E-state index in [4.69, 9.17) is 4.74 Å². The van der Waals surface area contributed by atoms with E-state index in [9.17, 15) is 4.79 Å². The molecular weight excluding hydrogens is 306 g/mol. The van der Waals surface area contributed by atoms with Crippen molar-refractivity contribution in [1.29, 1.82) is 0 Å². The number of carbonyl (C=O) groups is 1. The lowest BCUT2D eigenvalue weighted by atomic mass is 9.90. The Morgan fingerprint density at radius 3 is 2.42 bits per heavy atom. The second-order valence-corrected chi connectivity index (χ2v) is 7.08. The van der Waals surface area contributed by atoms with Crippen molar-refractivity contribution in [3.05, 3.63) is 11.4 Å². The first-order valence-corrected chi connectivity index (χ1v) is 8.75. The number of hydrogen-bond donors (Lipinski definition) is 0. The fourth-order valence-corrected chi connectivity index (χ4v) is 3.53. The zero-order valence-electron chi connectivity index (χ0n) is 15.0. The number of ether oxygens (including phenoxy) is 1. The van der Waals surface area contributed by atoms with Crippen LogP contribution in [0.1, 0.15) is 37.1 Å². The number of likely N-dealkylation sites (N-methyl/N-ethyl adjacent to an activating group) is 1. The molecule has 7 heteroatoms. The van der Waals surface area contributed by atoms with Crippen LogP contribution in [0.25, 0.3) is 0 Å². The molecule has 0 saturated carbocycles. The van der Waals surface area contributed by atoms with Crippen LogP contribution in [0, 0.1) is 19.8 Å². The second-order valence-electron chi connectivity index (χ2n) is 7.08. The van der Waals surface area contributed by atoms with Crippen molar-refractivity contribution >= 4 is 11.9 Å². The molecule has 0 unspecified atom stereocenters. The Labute approximate surface area is 143 Å². The van der Waals surface area contributed by atoms with Crippen molar-refractivity contribution in [3.8, 4) is 0 Å². The van der Waals surface area contributed by atoms with E-state index in [0.717, 1.165) is 56.1 Å². The van der Waals surface area contributed by atoms with Crippen LogP contribution in [0.2, 0.25) is 0 Å². The monoisotopic (exact) mass is 333 g/mol. The van der Waals surface area contributed by atoms with E-state index in [0.29, 0.717) is 5.92 Å². The van der Waals surface area contributed by atoms with Gasteiger partial charge in [-0.3, -0.25) is 4.79 Å². The first kappa shape index (κ1) is 17.1. The van der Waals surface area contributed by atoms with Gasteiger partial charge in [-0.2, -0.15) is 5.10 Å². The molecule has 1 aromatic rings. The molecule has 0 spiro atoms. The molecule has 3 rings (SSSR count). The number of hydrogen-bond acceptors (Lipinski definition) is 6. The number of aryl methyl sites for hydroxylation is 2. The van der Waals surface area contributed by atoms with Gasteiger partial charge in [-0.15, -0.1) is 5.10 Å². The van der Waals surface area contributed by atoms with E-state index in [1.807, 2.05) is 13.8 Å². The summed E-state index contributed by atoms with van der Waals surface area (Å²) in [5.74, 6) is 1.33. The van der Waals surface area contributed by atoms with E-state index in [-0.39, 0.29) is 18.1 Å². The Kier molecular flexibility index (Phi) is 4.99. The van der Waals surface area contributed by atoms with Gasteiger partial charge in [0.1, 0.15) is 6.10 Å². The SMILES string of the molecule is Cc1nnc(N2CCC([C@@H]3CC[C@H](C(=O)N(C)C)O3)CC2)nc1C. The molecule has 2 aliphatic heterocycles. The number of piperidine rings is 1. The van der Waals surface area contributed by atoms with Gasteiger partial charge in [0.2, 0.25) is 5.95 Å². The van der Waals surface area contributed by atoms with E-state index >= 15 is 0 Å². The quantitative estimate of drug-likeness (QED) is 0.831. The standard InChI is InChI=1S/C17H27N5O2/c1-11-12(2)19-20-17(18-11)22-9-7-13(8-10-22)14-5-6-15(24-14)16(23)21(3)4/h13-15H,5-10H2,1-4H3/t14-,15+/m0/s1. The van der Waals surface area contributed by atoms with E-state index in [2.05, 4.69) is 20.1 Å². The molecule has 0 aromatic carbocycles. The van der Waals surface area contributed by atoms with Crippen molar-refractivity contribution < 1.29 is 9.53 Å². The summed E-state index contributed by atoms with van der Waals surface area (Å²) in [6.07, 6.45) is 3.87. The minimum Gasteiger partial charge on any atom is -0.365 e. The Hall–Kier alpha value is -1.76. The largest absolute Gasteiger partial charge is 0.365 e. The molecule has 0 aliphatic carbocycles. The molecule has 1 amide bonds. The fraction of sp³-hybridized carbons (Fsp3) is 0.765. The number of anilines is 1.